The molecule has 1 atom stereocenters. The Bertz CT molecular complexity index is 1040. The standard InChI is InChI=1S/C21H27N3O5S2/c1-15-8-9-19(30-15)31(28,29)24-12-3-6-17(14-24)21(27)23-11-4-10-22-20(26)16-5-2-7-18(25)13-16/h2,5,7-9,13,17,25H,3-4,6,10-12,14H2,1H3,(H,22,26)(H,23,27). The summed E-state index contributed by atoms with van der Waals surface area (Å²) in [6.45, 7) is 3.22. The van der Waals surface area contributed by atoms with Crippen molar-refractivity contribution in [1.82, 2.24) is 14.9 Å². The Balaban J connectivity index is 1.42. The maximum atomic E-state index is 12.8. The van der Waals surface area contributed by atoms with Gasteiger partial charge in [0.05, 0.1) is 5.92 Å². The van der Waals surface area contributed by atoms with Crippen LogP contribution in [0.25, 0.3) is 0 Å². The van der Waals surface area contributed by atoms with Gasteiger partial charge in [0.15, 0.2) is 0 Å². The van der Waals surface area contributed by atoms with Crippen molar-refractivity contribution in [3.05, 3.63) is 46.8 Å². The molecule has 1 saturated heterocycles. The number of hydrogen-bond acceptors (Lipinski definition) is 6. The van der Waals surface area contributed by atoms with Gasteiger partial charge in [0.1, 0.15) is 9.96 Å². The van der Waals surface area contributed by atoms with Crippen molar-refractivity contribution in [1.29, 1.82) is 0 Å². The van der Waals surface area contributed by atoms with Crippen LogP contribution in [0.5, 0.6) is 5.75 Å². The highest BCUT2D eigenvalue weighted by Gasteiger charge is 2.33. The molecule has 168 valence electrons. The molecule has 1 fully saturated rings. The summed E-state index contributed by atoms with van der Waals surface area (Å²) in [5.74, 6) is -0.815. The Morgan fingerprint density at radius 3 is 2.68 bits per heavy atom. The molecule has 1 unspecified atom stereocenters. The molecule has 2 aromatic rings. The number of nitrogens with zero attached hydrogens (tertiary/aromatic N) is 1. The molecular formula is C21H27N3O5S2. The molecule has 0 saturated carbocycles. The first-order valence-electron chi connectivity index (χ1n) is 10.2. The Morgan fingerprint density at radius 2 is 1.97 bits per heavy atom. The fraction of sp³-hybridized carbons (Fsp3) is 0.429. The molecule has 1 aliphatic rings. The van der Waals surface area contributed by atoms with E-state index in [2.05, 4.69) is 10.6 Å². The topological polar surface area (TPSA) is 116 Å². The van der Waals surface area contributed by atoms with Crippen molar-refractivity contribution in [3.8, 4) is 5.75 Å². The van der Waals surface area contributed by atoms with E-state index in [0.29, 0.717) is 48.7 Å². The molecule has 0 bridgehead atoms. The predicted octanol–water partition coefficient (Wildman–Crippen LogP) is 2.10. The van der Waals surface area contributed by atoms with E-state index >= 15 is 0 Å². The zero-order valence-electron chi connectivity index (χ0n) is 17.3. The normalized spacial score (nSPS) is 17.3. The number of amides is 2. The molecule has 8 nitrogen and oxygen atoms in total. The monoisotopic (exact) mass is 465 g/mol. The molecule has 3 N–H and O–H groups in total. The van der Waals surface area contributed by atoms with Gasteiger partial charge in [-0.15, -0.1) is 11.3 Å². The van der Waals surface area contributed by atoms with Crippen molar-refractivity contribution < 1.29 is 23.1 Å². The van der Waals surface area contributed by atoms with Crippen LogP contribution in [0.3, 0.4) is 0 Å². The Morgan fingerprint density at radius 1 is 1.19 bits per heavy atom. The summed E-state index contributed by atoms with van der Waals surface area (Å²) in [7, 11) is -3.57. The molecule has 0 aliphatic carbocycles. The van der Waals surface area contributed by atoms with Crippen molar-refractivity contribution in [3.63, 3.8) is 0 Å². The van der Waals surface area contributed by atoms with Gasteiger partial charge < -0.3 is 15.7 Å². The van der Waals surface area contributed by atoms with E-state index in [1.165, 1.54) is 27.8 Å². The van der Waals surface area contributed by atoms with Crippen molar-refractivity contribution in [2.24, 2.45) is 5.92 Å². The Labute approximate surface area is 186 Å². The maximum absolute atomic E-state index is 12.8. The van der Waals surface area contributed by atoms with Crippen LogP contribution in [0.4, 0.5) is 0 Å². The molecule has 3 rings (SSSR count). The van der Waals surface area contributed by atoms with Gasteiger partial charge in [-0.1, -0.05) is 6.07 Å². The number of aryl methyl sites for hydroxylation is 1. The van der Waals surface area contributed by atoms with Gasteiger partial charge in [0.25, 0.3) is 15.9 Å². The van der Waals surface area contributed by atoms with E-state index in [9.17, 15) is 23.1 Å². The fourth-order valence-corrected chi connectivity index (χ4v) is 6.41. The first-order valence-corrected chi connectivity index (χ1v) is 12.4. The summed E-state index contributed by atoms with van der Waals surface area (Å²) in [5.41, 5.74) is 0.369. The first kappa shape index (κ1) is 23.2. The van der Waals surface area contributed by atoms with Gasteiger partial charge in [-0.05, 0) is 56.5 Å². The average molecular weight is 466 g/mol. The van der Waals surface area contributed by atoms with Gasteiger partial charge in [-0.2, -0.15) is 4.31 Å². The van der Waals surface area contributed by atoms with Crippen LogP contribution in [0.2, 0.25) is 0 Å². The van der Waals surface area contributed by atoms with E-state index < -0.39 is 10.0 Å². The first-order chi connectivity index (χ1) is 14.8. The minimum atomic E-state index is -3.57. The number of sulfonamides is 1. The highest BCUT2D eigenvalue weighted by molar-refractivity contribution is 7.91. The van der Waals surface area contributed by atoms with Crippen molar-refractivity contribution >= 4 is 33.2 Å². The largest absolute Gasteiger partial charge is 0.508 e. The fourth-order valence-electron chi connectivity index (χ4n) is 3.45. The number of carbonyl (C=O) groups is 2. The zero-order chi connectivity index (χ0) is 22.4. The van der Waals surface area contributed by atoms with E-state index in [0.717, 1.165) is 4.88 Å². The van der Waals surface area contributed by atoms with Crippen LogP contribution < -0.4 is 10.6 Å². The number of hydrogen-bond donors (Lipinski definition) is 3. The van der Waals surface area contributed by atoms with Gasteiger partial charge in [-0.25, -0.2) is 8.42 Å². The predicted molar refractivity (Wildman–Crippen MR) is 119 cm³/mol. The minimum absolute atomic E-state index is 0.0256. The number of phenolic OH excluding ortho intramolecular Hbond substituents is 1. The van der Waals surface area contributed by atoms with Crippen LogP contribution in [-0.4, -0.2) is 55.8 Å². The minimum Gasteiger partial charge on any atom is -0.508 e. The number of nitrogens with one attached hydrogen (secondary N) is 2. The molecule has 1 aromatic heterocycles. The summed E-state index contributed by atoms with van der Waals surface area (Å²) < 4.78 is 27.4. The third-order valence-electron chi connectivity index (χ3n) is 5.11. The second kappa shape index (κ2) is 10.3. The van der Waals surface area contributed by atoms with E-state index in [1.807, 2.05) is 6.92 Å². The number of piperidine rings is 1. The van der Waals surface area contributed by atoms with Gasteiger partial charge >= 0.3 is 0 Å². The quantitative estimate of drug-likeness (QED) is 0.517. The van der Waals surface area contributed by atoms with Gasteiger partial charge in [0, 0.05) is 36.6 Å². The van der Waals surface area contributed by atoms with E-state index in [-0.39, 0.29) is 30.0 Å². The highest BCUT2D eigenvalue weighted by atomic mass is 32.2. The summed E-state index contributed by atoms with van der Waals surface area (Å²) in [5, 5.41) is 15.0. The lowest BCUT2D eigenvalue weighted by molar-refractivity contribution is -0.126. The number of phenols is 1. The summed E-state index contributed by atoms with van der Waals surface area (Å²) in [4.78, 5) is 25.5. The summed E-state index contributed by atoms with van der Waals surface area (Å²) in [6.07, 6.45) is 1.83. The van der Waals surface area contributed by atoms with Crippen molar-refractivity contribution in [2.45, 2.75) is 30.4 Å². The van der Waals surface area contributed by atoms with Gasteiger partial charge in [0.2, 0.25) is 5.91 Å². The zero-order valence-corrected chi connectivity index (χ0v) is 19.0. The summed E-state index contributed by atoms with van der Waals surface area (Å²) in [6, 6.07) is 9.48. The lowest BCUT2D eigenvalue weighted by atomic mass is 9.99. The van der Waals surface area contributed by atoms with E-state index in [1.54, 1.807) is 24.3 Å². The van der Waals surface area contributed by atoms with Crippen LogP contribution in [0.1, 0.15) is 34.5 Å². The third kappa shape index (κ3) is 6.05. The molecule has 2 heterocycles. The lowest BCUT2D eigenvalue weighted by Crippen LogP contribution is -2.45. The number of rotatable bonds is 8. The second-order valence-corrected chi connectivity index (χ2v) is 11.0. The molecule has 1 aromatic carbocycles. The van der Waals surface area contributed by atoms with Crippen LogP contribution in [0.15, 0.2) is 40.6 Å². The number of benzene rings is 1. The number of carbonyl (C=O) groups excluding carboxylic acids is 2. The Kier molecular flexibility index (Phi) is 7.69. The van der Waals surface area contributed by atoms with Gasteiger partial charge in [-0.3, -0.25) is 9.59 Å². The van der Waals surface area contributed by atoms with Crippen LogP contribution in [-0.2, 0) is 14.8 Å². The Hall–Kier alpha value is -2.43. The molecule has 0 spiro atoms. The smallest absolute Gasteiger partial charge is 0.252 e. The maximum Gasteiger partial charge on any atom is 0.252 e. The molecule has 2 amide bonds. The second-order valence-electron chi connectivity index (χ2n) is 7.52. The third-order valence-corrected chi connectivity index (χ3v) is 8.44. The molecule has 0 radical (unpaired) electrons. The van der Waals surface area contributed by atoms with Crippen LogP contribution in [0, 0.1) is 12.8 Å². The lowest BCUT2D eigenvalue weighted by Gasteiger charge is -2.30. The number of aromatic hydroxyl groups is 1. The van der Waals surface area contributed by atoms with E-state index in [4.69, 9.17) is 0 Å². The molecule has 1 aliphatic heterocycles. The highest BCUT2D eigenvalue weighted by Crippen LogP contribution is 2.28. The van der Waals surface area contributed by atoms with Crippen LogP contribution >= 0.6 is 11.3 Å². The van der Waals surface area contributed by atoms with Crippen molar-refractivity contribution in [2.75, 3.05) is 26.2 Å². The molecule has 31 heavy (non-hydrogen) atoms. The SMILES string of the molecule is Cc1ccc(S(=O)(=O)N2CCCC(C(=O)NCCCNC(=O)c3cccc(O)c3)C2)s1. The molecule has 10 heteroatoms. The molecular weight excluding hydrogens is 438 g/mol. The summed E-state index contributed by atoms with van der Waals surface area (Å²) >= 11 is 1.24. The average Bonchev–Trinajstić information content (AvgIpc) is 3.20. The number of thiophene rings is 1.